The molecule has 0 aliphatic rings. The van der Waals surface area contributed by atoms with E-state index in [0.29, 0.717) is 18.8 Å². The number of benzene rings is 2. The third-order valence-electron chi connectivity index (χ3n) is 3.87. The molecule has 152 valence electrons. The summed E-state index contributed by atoms with van der Waals surface area (Å²) < 4.78 is 36.6. The second-order valence-electron chi connectivity index (χ2n) is 5.88. The molecule has 3 N–H and O–H groups in total. The fraction of sp³-hybridized carbons (Fsp3) is 0.316. The maximum Gasteiger partial charge on any atom is 0.339 e. The van der Waals surface area contributed by atoms with E-state index in [4.69, 9.17) is 19.7 Å². The van der Waals surface area contributed by atoms with Gasteiger partial charge in [0.25, 0.3) is 0 Å². The minimum absolute atomic E-state index is 0.00281. The van der Waals surface area contributed by atoms with E-state index >= 15 is 0 Å². The minimum Gasteiger partial charge on any atom is -0.507 e. The highest BCUT2D eigenvalue weighted by Crippen LogP contribution is 2.27. The molecule has 0 spiro atoms. The Bertz CT molecular complexity index is 906. The molecule has 0 radical (unpaired) electrons. The van der Waals surface area contributed by atoms with Crippen LogP contribution in [0.1, 0.15) is 30.1 Å². The molecule has 0 saturated heterocycles. The molecule has 0 fully saturated rings. The second-order valence-corrected chi connectivity index (χ2v) is 7.97. The van der Waals surface area contributed by atoms with Crippen LogP contribution < -0.4 is 9.47 Å². The Balaban J connectivity index is 2.20. The quantitative estimate of drug-likeness (QED) is 0.509. The number of aliphatic hydroxyl groups excluding tert-OH is 1. The van der Waals surface area contributed by atoms with Gasteiger partial charge in [-0.1, -0.05) is 6.92 Å². The standard InChI is InChI=1S/C19H22O8S/c1-2-18(27-14-6-9-17(21)16(12-14)19(22)23)28(24,25)15-7-4-13(5-8-15)26-11-3-10-20/h4-9,12,18,20-21H,2-3,10-11H2,1H3,(H,22,23). The van der Waals surface area contributed by atoms with Crippen LogP contribution in [0.3, 0.4) is 0 Å². The summed E-state index contributed by atoms with van der Waals surface area (Å²) in [4.78, 5) is 11.1. The Morgan fingerprint density at radius 1 is 1.11 bits per heavy atom. The third-order valence-corrected chi connectivity index (χ3v) is 5.92. The molecule has 2 aromatic carbocycles. The number of ether oxygens (including phenoxy) is 2. The highest BCUT2D eigenvalue weighted by Gasteiger charge is 2.28. The fourth-order valence-corrected chi connectivity index (χ4v) is 3.91. The summed E-state index contributed by atoms with van der Waals surface area (Å²) in [6.07, 6.45) is 0.594. The van der Waals surface area contributed by atoms with Gasteiger partial charge >= 0.3 is 5.97 Å². The molecule has 0 amide bonds. The molecule has 2 aromatic rings. The van der Waals surface area contributed by atoms with Crippen LogP contribution in [0.15, 0.2) is 47.4 Å². The molecule has 2 rings (SSSR count). The van der Waals surface area contributed by atoms with Gasteiger partial charge in [-0.05, 0) is 48.9 Å². The first-order valence-corrected chi connectivity index (χ1v) is 10.1. The number of rotatable bonds is 10. The SMILES string of the molecule is CCC(Oc1ccc(O)c(C(=O)O)c1)S(=O)(=O)c1ccc(OCCCO)cc1. The third kappa shape index (κ3) is 5.14. The molecule has 9 heteroatoms. The predicted octanol–water partition coefficient (Wildman–Crippen LogP) is 2.44. The number of carboxylic acid groups (broad SMARTS) is 1. The highest BCUT2D eigenvalue weighted by atomic mass is 32.2. The number of carboxylic acids is 1. The van der Waals surface area contributed by atoms with Crippen molar-refractivity contribution in [1.82, 2.24) is 0 Å². The molecule has 28 heavy (non-hydrogen) atoms. The first-order valence-electron chi connectivity index (χ1n) is 8.60. The molecule has 0 bridgehead atoms. The van der Waals surface area contributed by atoms with E-state index in [1.54, 1.807) is 6.92 Å². The van der Waals surface area contributed by atoms with Crippen molar-refractivity contribution in [1.29, 1.82) is 0 Å². The maximum absolute atomic E-state index is 12.9. The van der Waals surface area contributed by atoms with Gasteiger partial charge in [-0.15, -0.1) is 0 Å². The molecule has 1 unspecified atom stereocenters. The van der Waals surface area contributed by atoms with Gasteiger partial charge in [-0.2, -0.15) is 0 Å². The Labute approximate surface area is 162 Å². The zero-order valence-electron chi connectivity index (χ0n) is 15.2. The number of carbonyl (C=O) groups is 1. The molecule has 8 nitrogen and oxygen atoms in total. The number of aromatic hydroxyl groups is 1. The van der Waals surface area contributed by atoms with Gasteiger partial charge in [0.1, 0.15) is 22.8 Å². The zero-order valence-corrected chi connectivity index (χ0v) is 16.1. The van der Waals surface area contributed by atoms with Crippen molar-refractivity contribution < 1.29 is 38.0 Å². The molecular weight excluding hydrogens is 388 g/mol. The average molecular weight is 410 g/mol. The first kappa shape index (κ1) is 21.5. The summed E-state index contributed by atoms with van der Waals surface area (Å²) >= 11 is 0. The van der Waals surface area contributed by atoms with Crippen LogP contribution in [0.4, 0.5) is 0 Å². The monoisotopic (exact) mass is 410 g/mol. The minimum atomic E-state index is -3.86. The summed E-state index contributed by atoms with van der Waals surface area (Å²) in [5.41, 5.74) is -1.62. The van der Waals surface area contributed by atoms with E-state index in [-0.39, 0.29) is 29.2 Å². The molecule has 0 aliphatic carbocycles. The summed E-state index contributed by atoms with van der Waals surface area (Å²) in [6.45, 7) is 1.95. The van der Waals surface area contributed by atoms with Gasteiger partial charge in [0, 0.05) is 13.0 Å². The Kier molecular flexibility index (Phi) is 7.24. The normalized spacial score (nSPS) is 12.4. The zero-order chi connectivity index (χ0) is 20.7. The highest BCUT2D eigenvalue weighted by molar-refractivity contribution is 7.92. The molecule has 0 aromatic heterocycles. The van der Waals surface area contributed by atoms with Gasteiger partial charge in [-0.3, -0.25) is 0 Å². The lowest BCUT2D eigenvalue weighted by Gasteiger charge is -2.19. The van der Waals surface area contributed by atoms with E-state index in [1.165, 1.54) is 30.3 Å². The molecule has 1 atom stereocenters. The van der Waals surface area contributed by atoms with Crippen molar-refractivity contribution in [3.63, 3.8) is 0 Å². The molecule has 0 heterocycles. The van der Waals surface area contributed by atoms with Crippen LogP contribution in [-0.2, 0) is 9.84 Å². The van der Waals surface area contributed by atoms with Crippen molar-refractivity contribution in [3.05, 3.63) is 48.0 Å². The molecule has 0 saturated carbocycles. The Morgan fingerprint density at radius 2 is 1.75 bits per heavy atom. The van der Waals surface area contributed by atoms with Gasteiger partial charge in [-0.25, -0.2) is 13.2 Å². The Hall–Kier alpha value is -2.78. The smallest absolute Gasteiger partial charge is 0.339 e. The second kappa shape index (κ2) is 9.43. The van der Waals surface area contributed by atoms with Gasteiger partial charge in [0.2, 0.25) is 15.3 Å². The Morgan fingerprint density at radius 3 is 2.32 bits per heavy atom. The van der Waals surface area contributed by atoms with Crippen molar-refractivity contribution >= 4 is 15.8 Å². The number of sulfone groups is 1. The summed E-state index contributed by atoms with van der Waals surface area (Å²) in [5.74, 6) is -1.29. The van der Waals surface area contributed by atoms with E-state index < -0.39 is 27.0 Å². The van der Waals surface area contributed by atoms with Crippen LogP contribution in [0.25, 0.3) is 0 Å². The van der Waals surface area contributed by atoms with Crippen LogP contribution in [0.2, 0.25) is 0 Å². The lowest BCUT2D eigenvalue weighted by molar-refractivity contribution is 0.0693. The van der Waals surface area contributed by atoms with Crippen LogP contribution in [0, 0.1) is 0 Å². The number of hydrogen-bond acceptors (Lipinski definition) is 7. The first-order chi connectivity index (χ1) is 13.3. The van der Waals surface area contributed by atoms with E-state index in [9.17, 15) is 18.3 Å². The number of aromatic carboxylic acids is 1. The number of hydrogen-bond donors (Lipinski definition) is 3. The van der Waals surface area contributed by atoms with Gasteiger partial charge in [0.15, 0.2) is 0 Å². The van der Waals surface area contributed by atoms with Crippen molar-refractivity contribution in [3.8, 4) is 17.2 Å². The average Bonchev–Trinajstić information content (AvgIpc) is 2.67. The lowest BCUT2D eigenvalue weighted by atomic mass is 10.2. The van der Waals surface area contributed by atoms with E-state index in [1.807, 2.05) is 0 Å². The van der Waals surface area contributed by atoms with Crippen LogP contribution >= 0.6 is 0 Å². The largest absolute Gasteiger partial charge is 0.507 e. The lowest BCUT2D eigenvalue weighted by Crippen LogP contribution is -2.27. The van der Waals surface area contributed by atoms with Crippen molar-refractivity contribution in [2.75, 3.05) is 13.2 Å². The van der Waals surface area contributed by atoms with Gasteiger partial charge in [0.05, 0.1) is 11.5 Å². The van der Waals surface area contributed by atoms with E-state index in [0.717, 1.165) is 12.1 Å². The van der Waals surface area contributed by atoms with E-state index in [2.05, 4.69) is 0 Å². The topological polar surface area (TPSA) is 130 Å². The van der Waals surface area contributed by atoms with Crippen LogP contribution in [0.5, 0.6) is 17.2 Å². The van der Waals surface area contributed by atoms with Gasteiger partial charge < -0.3 is 24.8 Å². The molecule has 0 aliphatic heterocycles. The predicted molar refractivity (Wildman–Crippen MR) is 101 cm³/mol. The maximum atomic E-state index is 12.9. The van der Waals surface area contributed by atoms with Crippen molar-refractivity contribution in [2.45, 2.75) is 30.1 Å². The molecular formula is C19H22O8S. The number of aliphatic hydroxyl groups is 1. The van der Waals surface area contributed by atoms with Crippen LogP contribution in [-0.4, -0.2) is 48.4 Å². The van der Waals surface area contributed by atoms with Crippen molar-refractivity contribution in [2.24, 2.45) is 0 Å². The summed E-state index contributed by atoms with van der Waals surface area (Å²) in [5, 5.41) is 27.4. The summed E-state index contributed by atoms with van der Waals surface area (Å²) in [7, 11) is -3.86. The number of phenols is 1. The summed E-state index contributed by atoms with van der Waals surface area (Å²) in [6, 6.07) is 9.34. The fourth-order valence-electron chi connectivity index (χ4n) is 2.41.